The van der Waals surface area contributed by atoms with Gasteiger partial charge in [0.25, 0.3) is 0 Å². The number of para-hydroxylation sites is 3. The predicted molar refractivity (Wildman–Crippen MR) is 197 cm³/mol. The molecule has 4 aromatic rings. The summed E-state index contributed by atoms with van der Waals surface area (Å²) in [4.78, 5) is 33.7. The molecule has 0 radical (unpaired) electrons. The van der Waals surface area contributed by atoms with Crippen molar-refractivity contribution in [3.05, 3.63) is 94.8 Å². The number of carboxylic acid groups (broad SMARTS) is 1. The standard InChI is InChI=1S/C25H34N4O2.C14H19N3O/c1-5-19-13-12-18(16-20(19)6-2)17-25(26,24(30)31)23-27-21-10-7-8-11-22(21)29(23)15-9-14-28(3)4;18-14-16-13-4-2-1-3-11(13)7-10-17(14)12-5-8-15-9-6-12/h7-8,10-13,16H,5-6,9,14-15,17,26H2,1-4H3,(H,30,31);1-4,12,15H,5-10H2,(H,16,18). The Morgan fingerprint density at radius 2 is 1.73 bits per heavy atom. The van der Waals surface area contributed by atoms with Gasteiger partial charge in [0.1, 0.15) is 5.82 Å². The minimum Gasteiger partial charge on any atom is -0.480 e. The molecule has 3 heterocycles. The molecule has 1 fully saturated rings. The van der Waals surface area contributed by atoms with Gasteiger partial charge in [0, 0.05) is 31.2 Å². The number of hydrogen-bond donors (Lipinski definition) is 4. The van der Waals surface area contributed by atoms with Gasteiger partial charge in [0.05, 0.1) is 11.0 Å². The number of benzene rings is 3. The molecule has 0 aliphatic carbocycles. The average Bonchev–Trinajstić information content (AvgIpc) is 3.39. The zero-order valence-electron chi connectivity index (χ0n) is 29.5. The Kier molecular flexibility index (Phi) is 12.1. The summed E-state index contributed by atoms with van der Waals surface area (Å²) in [6.45, 7) is 8.67. The van der Waals surface area contributed by atoms with Crippen molar-refractivity contribution < 1.29 is 14.7 Å². The Morgan fingerprint density at radius 3 is 2.45 bits per heavy atom. The van der Waals surface area contributed by atoms with Gasteiger partial charge in [-0.25, -0.2) is 14.6 Å². The van der Waals surface area contributed by atoms with Crippen molar-refractivity contribution in [3.63, 3.8) is 0 Å². The molecule has 0 saturated carbocycles. The van der Waals surface area contributed by atoms with Gasteiger partial charge in [-0.2, -0.15) is 0 Å². The van der Waals surface area contributed by atoms with E-state index in [4.69, 9.17) is 10.7 Å². The normalized spacial score (nSPS) is 16.4. The molecule has 0 bridgehead atoms. The van der Waals surface area contributed by atoms with Gasteiger partial charge in [0.2, 0.25) is 0 Å². The highest BCUT2D eigenvalue weighted by Gasteiger charge is 2.41. The quantitative estimate of drug-likeness (QED) is 0.168. The van der Waals surface area contributed by atoms with Crippen LogP contribution in [0.2, 0.25) is 0 Å². The van der Waals surface area contributed by atoms with E-state index in [1.807, 2.05) is 72.1 Å². The second kappa shape index (κ2) is 16.4. The molecule has 49 heavy (non-hydrogen) atoms. The third kappa shape index (κ3) is 8.49. The zero-order valence-corrected chi connectivity index (χ0v) is 29.5. The van der Waals surface area contributed by atoms with Crippen molar-refractivity contribution in [1.82, 2.24) is 24.7 Å². The average molecular weight is 668 g/mol. The number of imidazole rings is 1. The number of aromatic nitrogens is 2. The fourth-order valence-corrected chi connectivity index (χ4v) is 7.08. The monoisotopic (exact) mass is 667 g/mol. The number of nitrogens with zero attached hydrogens (tertiary/aromatic N) is 4. The molecule has 2 aliphatic heterocycles. The number of nitrogens with one attached hydrogen (secondary N) is 2. The molecule has 10 nitrogen and oxygen atoms in total. The van der Waals surface area contributed by atoms with E-state index in [-0.39, 0.29) is 12.5 Å². The minimum absolute atomic E-state index is 0.0619. The molecular weight excluding hydrogens is 614 g/mol. The van der Waals surface area contributed by atoms with Crippen LogP contribution in [0, 0.1) is 0 Å². The molecule has 6 rings (SSSR count). The summed E-state index contributed by atoms with van der Waals surface area (Å²) in [5.41, 5.74) is 12.4. The number of urea groups is 1. The van der Waals surface area contributed by atoms with Gasteiger partial charge in [-0.3, -0.25) is 0 Å². The SMILES string of the molecule is CCc1ccc(CC(N)(C(=O)O)c2nc3ccccc3n2CCCN(C)C)cc1CC.O=C1Nc2ccccc2CCN1C1CCNCC1. The van der Waals surface area contributed by atoms with Crippen molar-refractivity contribution in [2.75, 3.05) is 45.6 Å². The third-order valence-electron chi connectivity index (χ3n) is 9.83. The maximum absolute atomic E-state index is 12.5. The second-order valence-corrected chi connectivity index (χ2v) is 13.5. The van der Waals surface area contributed by atoms with Crippen LogP contribution >= 0.6 is 0 Å². The van der Waals surface area contributed by atoms with E-state index in [9.17, 15) is 14.7 Å². The maximum Gasteiger partial charge on any atom is 0.331 e. The molecule has 1 saturated heterocycles. The molecule has 2 aliphatic rings. The van der Waals surface area contributed by atoms with E-state index >= 15 is 0 Å². The van der Waals surface area contributed by atoms with Gasteiger partial charge < -0.3 is 35.8 Å². The van der Waals surface area contributed by atoms with Gasteiger partial charge in [0.15, 0.2) is 5.54 Å². The lowest BCUT2D eigenvalue weighted by Crippen LogP contribution is -2.49. The Bertz CT molecular complexity index is 1730. The van der Waals surface area contributed by atoms with Crippen molar-refractivity contribution >= 4 is 28.7 Å². The summed E-state index contributed by atoms with van der Waals surface area (Å²) in [5.74, 6) is -0.646. The molecule has 5 N–H and O–H groups in total. The van der Waals surface area contributed by atoms with Crippen LogP contribution in [0.3, 0.4) is 0 Å². The fourth-order valence-electron chi connectivity index (χ4n) is 7.08. The van der Waals surface area contributed by atoms with E-state index in [1.54, 1.807) is 0 Å². The largest absolute Gasteiger partial charge is 0.480 e. The van der Waals surface area contributed by atoms with Crippen LogP contribution in [-0.4, -0.2) is 82.8 Å². The van der Waals surface area contributed by atoms with Crippen LogP contribution in [0.4, 0.5) is 10.5 Å². The van der Waals surface area contributed by atoms with Gasteiger partial charge in [-0.1, -0.05) is 62.4 Å². The summed E-state index contributed by atoms with van der Waals surface area (Å²) in [6.07, 6.45) is 5.99. The topological polar surface area (TPSA) is 129 Å². The summed E-state index contributed by atoms with van der Waals surface area (Å²) >= 11 is 0. The summed E-state index contributed by atoms with van der Waals surface area (Å²) in [5, 5.41) is 16.6. The first-order valence-electron chi connectivity index (χ1n) is 17.7. The number of piperidine rings is 1. The number of amides is 2. The number of nitrogens with two attached hydrogens (primary N) is 1. The van der Waals surface area contributed by atoms with Crippen LogP contribution in [0.25, 0.3) is 11.0 Å². The molecule has 10 heteroatoms. The lowest BCUT2D eigenvalue weighted by atomic mass is 9.88. The number of carbonyl (C=O) groups is 2. The number of fused-ring (bicyclic) bond motifs is 2. The van der Waals surface area contributed by atoms with Crippen molar-refractivity contribution in [2.24, 2.45) is 5.73 Å². The summed E-state index contributed by atoms with van der Waals surface area (Å²) in [7, 11) is 4.06. The minimum atomic E-state index is -1.62. The highest BCUT2D eigenvalue weighted by molar-refractivity contribution is 5.91. The molecule has 0 spiro atoms. The van der Waals surface area contributed by atoms with Crippen LogP contribution in [0.15, 0.2) is 66.7 Å². The van der Waals surface area contributed by atoms with Crippen LogP contribution in [0.1, 0.15) is 61.2 Å². The lowest BCUT2D eigenvalue weighted by molar-refractivity contribution is -0.144. The molecule has 3 aromatic carbocycles. The van der Waals surface area contributed by atoms with Crippen LogP contribution in [0.5, 0.6) is 0 Å². The molecular formula is C39H53N7O3. The first-order valence-corrected chi connectivity index (χ1v) is 17.7. The van der Waals surface area contributed by atoms with Gasteiger partial charge in [-0.15, -0.1) is 0 Å². The lowest BCUT2D eigenvalue weighted by Gasteiger charge is -2.33. The maximum atomic E-state index is 12.5. The van der Waals surface area contributed by atoms with E-state index < -0.39 is 11.5 Å². The number of carbonyl (C=O) groups excluding carboxylic acids is 1. The summed E-state index contributed by atoms with van der Waals surface area (Å²) in [6, 6.07) is 22.5. The number of hydrogen-bond acceptors (Lipinski definition) is 6. The molecule has 262 valence electrons. The smallest absolute Gasteiger partial charge is 0.331 e. The van der Waals surface area contributed by atoms with E-state index in [2.05, 4.69) is 47.6 Å². The second-order valence-electron chi connectivity index (χ2n) is 13.5. The Balaban J connectivity index is 0.000000219. The number of aliphatic carboxylic acids is 1. The fraction of sp³-hybridized carbons (Fsp3) is 0.462. The predicted octanol–water partition coefficient (Wildman–Crippen LogP) is 5.42. The number of aryl methyl sites for hydroxylation is 3. The van der Waals surface area contributed by atoms with Crippen molar-refractivity contribution in [1.29, 1.82) is 0 Å². The first-order chi connectivity index (χ1) is 23.6. The van der Waals surface area contributed by atoms with Gasteiger partial charge >= 0.3 is 12.0 Å². The highest BCUT2D eigenvalue weighted by Crippen LogP contribution is 2.29. The highest BCUT2D eigenvalue weighted by atomic mass is 16.4. The zero-order chi connectivity index (χ0) is 35.0. The van der Waals surface area contributed by atoms with E-state index in [0.717, 1.165) is 87.0 Å². The van der Waals surface area contributed by atoms with Crippen LogP contribution in [-0.2, 0) is 42.6 Å². The first kappa shape index (κ1) is 36.0. The van der Waals surface area contributed by atoms with E-state index in [0.29, 0.717) is 18.4 Å². The summed E-state index contributed by atoms with van der Waals surface area (Å²) < 4.78 is 1.99. The van der Waals surface area contributed by atoms with Gasteiger partial charge in [-0.05, 0) is 113 Å². The Morgan fingerprint density at radius 1 is 1.02 bits per heavy atom. The Labute approximate surface area is 290 Å². The van der Waals surface area contributed by atoms with Crippen molar-refractivity contribution in [3.8, 4) is 0 Å². The van der Waals surface area contributed by atoms with Crippen molar-refractivity contribution in [2.45, 2.75) is 76.9 Å². The Hall–Kier alpha value is -4.25. The number of anilines is 1. The third-order valence-corrected chi connectivity index (χ3v) is 9.83. The van der Waals surface area contributed by atoms with Crippen LogP contribution < -0.4 is 16.4 Å². The molecule has 1 unspecified atom stereocenters. The number of rotatable bonds is 11. The molecule has 2 amide bonds. The number of carboxylic acids is 1. The van der Waals surface area contributed by atoms with E-state index in [1.165, 1.54) is 16.7 Å². The molecule has 1 aromatic heterocycles. The molecule has 1 atom stereocenters.